The second-order valence-corrected chi connectivity index (χ2v) is 7.37. The lowest BCUT2D eigenvalue weighted by Gasteiger charge is -2.12. The molecule has 1 saturated carbocycles. The number of rotatable bonds is 7. The molecular formula is C12H18N2O4S. The first-order valence-corrected chi connectivity index (χ1v) is 8.10. The number of carbonyl (C=O) groups is 1. The van der Waals surface area contributed by atoms with Crippen LogP contribution >= 0.6 is 0 Å². The smallest absolute Gasteiger partial charge is 0.303 e. The Morgan fingerprint density at radius 3 is 2.68 bits per heavy atom. The summed E-state index contributed by atoms with van der Waals surface area (Å²) in [6.07, 6.45) is 4.59. The lowest BCUT2D eigenvalue weighted by molar-refractivity contribution is -0.138. The number of carboxylic acids is 1. The number of sulfone groups is 1. The van der Waals surface area contributed by atoms with Crippen molar-refractivity contribution in [2.24, 2.45) is 5.41 Å². The van der Waals surface area contributed by atoms with E-state index in [1.165, 1.54) is 0 Å². The molecule has 0 bridgehead atoms. The van der Waals surface area contributed by atoms with Crippen LogP contribution in [0.5, 0.6) is 0 Å². The summed E-state index contributed by atoms with van der Waals surface area (Å²) in [4.78, 5) is 10.7. The number of aryl methyl sites for hydroxylation is 1. The third kappa shape index (κ3) is 3.79. The molecule has 0 atom stereocenters. The van der Waals surface area contributed by atoms with E-state index in [0.29, 0.717) is 24.9 Å². The molecule has 0 unspecified atom stereocenters. The Morgan fingerprint density at radius 2 is 2.21 bits per heavy atom. The minimum atomic E-state index is -3.29. The van der Waals surface area contributed by atoms with Crippen LogP contribution in [0.1, 0.15) is 31.7 Å². The van der Waals surface area contributed by atoms with Crippen LogP contribution in [0.3, 0.4) is 0 Å². The van der Waals surface area contributed by atoms with E-state index in [0.717, 1.165) is 0 Å². The molecule has 1 heterocycles. The maximum absolute atomic E-state index is 12.1. The quantitative estimate of drug-likeness (QED) is 0.810. The van der Waals surface area contributed by atoms with Gasteiger partial charge in [0.25, 0.3) is 0 Å². The second-order valence-electron chi connectivity index (χ2n) is 5.31. The molecule has 1 N–H and O–H groups in total. The molecule has 1 fully saturated rings. The Morgan fingerprint density at radius 1 is 1.53 bits per heavy atom. The van der Waals surface area contributed by atoms with Crippen molar-refractivity contribution in [1.29, 1.82) is 0 Å². The van der Waals surface area contributed by atoms with Crippen LogP contribution in [0.25, 0.3) is 0 Å². The van der Waals surface area contributed by atoms with Crippen LogP contribution in [0.15, 0.2) is 12.4 Å². The Balaban J connectivity index is 2.01. The molecule has 0 spiro atoms. The number of aromatic nitrogens is 2. The van der Waals surface area contributed by atoms with Gasteiger partial charge in [-0.2, -0.15) is 5.10 Å². The molecule has 0 amide bonds. The summed E-state index contributed by atoms with van der Waals surface area (Å²) in [7, 11) is -3.29. The fourth-order valence-electron chi connectivity index (χ4n) is 2.30. The maximum atomic E-state index is 12.1. The molecular weight excluding hydrogens is 268 g/mol. The Hall–Kier alpha value is -1.37. The van der Waals surface area contributed by atoms with Gasteiger partial charge in [0.2, 0.25) is 0 Å². The molecule has 7 heteroatoms. The van der Waals surface area contributed by atoms with E-state index in [2.05, 4.69) is 5.10 Å². The Kier molecular flexibility index (Phi) is 3.66. The molecule has 0 aromatic carbocycles. The highest BCUT2D eigenvalue weighted by Gasteiger charge is 2.47. The predicted octanol–water partition coefficient (Wildman–Crippen LogP) is 1.07. The molecule has 2 rings (SSSR count). The van der Waals surface area contributed by atoms with E-state index in [9.17, 15) is 13.2 Å². The van der Waals surface area contributed by atoms with Crippen molar-refractivity contribution in [2.75, 3.05) is 5.75 Å². The third-order valence-corrected chi connectivity index (χ3v) is 5.23. The molecule has 19 heavy (non-hydrogen) atoms. The molecule has 1 aliphatic rings. The van der Waals surface area contributed by atoms with E-state index in [4.69, 9.17) is 5.11 Å². The summed E-state index contributed by atoms with van der Waals surface area (Å²) < 4.78 is 25.9. The number of nitrogens with zero attached hydrogens (tertiary/aromatic N) is 2. The number of carboxylic acid groups (broad SMARTS) is 1. The van der Waals surface area contributed by atoms with Gasteiger partial charge in [-0.3, -0.25) is 9.48 Å². The monoisotopic (exact) mass is 286 g/mol. The molecule has 1 aromatic rings. The second kappa shape index (κ2) is 4.96. The summed E-state index contributed by atoms with van der Waals surface area (Å²) in [5.41, 5.74) is 0.138. The van der Waals surface area contributed by atoms with Crippen LogP contribution in [0, 0.1) is 5.41 Å². The van der Waals surface area contributed by atoms with Crippen molar-refractivity contribution < 1.29 is 18.3 Å². The first kappa shape index (κ1) is 14.0. The normalized spacial score (nSPS) is 17.3. The highest BCUT2D eigenvalue weighted by atomic mass is 32.2. The van der Waals surface area contributed by atoms with Gasteiger partial charge in [-0.1, -0.05) is 0 Å². The highest BCUT2D eigenvalue weighted by Crippen LogP contribution is 2.50. The number of aliphatic carboxylic acids is 1. The van der Waals surface area contributed by atoms with Crippen molar-refractivity contribution >= 4 is 15.8 Å². The summed E-state index contributed by atoms with van der Waals surface area (Å²) in [5, 5.41) is 12.8. The molecule has 0 radical (unpaired) electrons. The van der Waals surface area contributed by atoms with E-state index in [-0.39, 0.29) is 17.9 Å². The summed E-state index contributed by atoms with van der Waals surface area (Å²) in [5.74, 6) is -1.02. The van der Waals surface area contributed by atoms with Crippen molar-refractivity contribution in [3.05, 3.63) is 18.0 Å². The topological polar surface area (TPSA) is 89.3 Å². The standard InChI is InChI=1S/C12H18N2O4S/c1-2-14-7-10(6-13-14)8-19(17,18)9-12(3-4-12)5-11(15)16/h6-7H,2-5,8-9H2,1H3,(H,15,16). The van der Waals surface area contributed by atoms with Crippen molar-refractivity contribution in [3.8, 4) is 0 Å². The average Bonchev–Trinajstić information content (AvgIpc) is 2.86. The summed E-state index contributed by atoms with van der Waals surface area (Å²) in [6.45, 7) is 2.63. The zero-order valence-corrected chi connectivity index (χ0v) is 11.7. The number of hydrogen-bond acceptors (Lipinski definition) is 4. The van der Waals surface area contributed by atoms with E-state index >= 15 is 0 Å². The largest absolute Gasteiger partial charge is 0.481 e. The van der Waals surface area contributed by atoms with Gasteiger partial charge in [0.15, 0.2) is 9.84 Å². The van der Waals surface area contributed by atoms with Gasteiger partial charge in [0.05, 0.1) is 24.1 Å². The predicted molar refractivity (Wildman–Crippen MR) is 69.3 cm³/mol. The van der Waals surface area contributed by atoms with Crippen LogP contribution in [0.2, 0.25) is 0 Å². The van der Waals surface area contributed by atoms with Crippen molar-refractivity contribution in [1.82, 2.24) is 9.78 Å². The van der Waals surface area contributed by atoms with Gasteiger partial charge in [-0.05, 0) is 25.2 Å². The zero-order valence-electron chi connectivity index (χ0n) is 10.9. The lowest BCUT2D eigenvalue weighted by Crippen LogP contribution is -2.21. The van der Waals surface area contributed by atoms with E-state index < -0.39 is 21.2 Å². The summed E-state index contributed by atoms with van der Waals surface area (Å²) >= 11 is 0. The molecule has 1 aromatic heterocycles. The van der Waals surface area contributed by atoms with Gasteiger partial charge in [-0.15, -0.1) is 0 Å². The average molecular weight is 286 g/mol. The molecule has 106 valence electrons. The van der Waals surface area contributed by atoms with Gasteiger partial charge >= 0.3 is 5.97 Å². The maximum Gasteiger partial charge on any atom is 0.303 e. The van der Waals surface area contributed by atoms with Gasteiger partial charge < -0.3 is 5.11 Å². The highest BCUT2D eigenvalue weighted by molar-refractivity contribution is 7.90. The first-order chi connectivity index (χ1) is 8.84. The Labute approximate surface area is 112 Å². The minimum absolute atomic E-state index is 0.0381. The van der Waals surface area contributed by atoms with Gasteiger partial charge in [0.1, 0.15) is 0 Å². The molecule has 6 nitrogen and oxygen atoms in total. The third-order valence-electron chi connectivity index (χ3n) is 3.41. The molecule has 1 aliphatic carbocycles. The van der Waals surface area contributed by atoms with Crippen LogP contribution < -0.4 is 0 Å². The number of hydrogen-bond donors (Lipinski definition) is 1. The molecule has 0 aliphatic heterocycles. The van der Waals surface area contributed by atoms with Crippen LogP contribution in [0.4, 0.5) is 0 Å². The zero-order chi connectivity index (χ0) is 14.1. The SMILES string of the molecule is CCn1cc(CS(=O)(=O)CC2(CC(=O)O)CC2)cn1. The Bertz CT molecular complexity index is 572. The van der Waals surface area contributed by atoms with Gasteiger partial charge in [0, 0.05) is 18.3 Å². The first-order valence-electron chi connectivity index (χ1n) is 6.28. The molecule has 0 saturated heterocycles. The van der Waals surface area contributed by atoms with Crippen LogP contribution in [-0.4, -0.2) is 35.0 Å². The minimum Gasteiger partial charge on any atom is -0.481 e. The van der Waals surface area contributed by atoms with Gasteiger partial charge in [-0.25, -0.2) is 8.42 Å². The van der Waals surface area contributed by atoms with Crippen molar-refractivity contribution in [3.63, 3.8) is 0 Å². The lowest BCUT2D eigenvalue weighted by atomic mass is 10.1. The fraction of sp³-hybridized carbons (Fsp3) is 0.667. The summed E-state index contributed by atoms with van der Waals surface area (Å²) in [6, 6.07) is 0. The van der Waals surface area contributed by atoms with Crippen LogP contribution in [-0.2, 0) is 26.9 Å². The fourth-order valence-corrected chi connectivity index (χ4v) is 4.38. The van der Waals surface area contributed by atoms with E-state index in [1.54, 1.807) is 17.1 Å². The van der Waals surface area contributed by atoms with E-state index in [1.807, 2.05) is 6.92 Å². The van der Waals surface area contributed by atoms with Crippen molar-refractivity contribution in [2.45, 2.75) is 38.5 Å².